The number of carbonyl (C=O) groups is 2. The number of esters is 2. The first-order chi connectivity index (χ1) is 6.16. The van der Waals surface area contributed by atoms with E-state index in [0.29, 0.717) is 13.0 Å². The zero-order chi connectivity index (χ0) is 10.1. The van der Waals surface area contributed by atoms with E-state index in [1.807, 2.05) is 0 Å². The Bertz CT molecular complexity index is 165. The Morgan fingerprint density at radius 2 is 1.85 bits per heavy atom. The third kappa shape index (κ3) is 8.85. The minimum absolute atomic E-state index is 0.188. The summed E-state index contributed by atoms with van der Waals surface area (Å²) in [5.41, 5.74) is 0. The minimum atomic E-state index is -0.257. The average molecular weight is 188 g/mol. The van der Waals surface area contributed by atoms with Gasteiger partial charge in [0.1, 0.15) is 0 Å². The summed E-state index contributed by atoms with van der Waals surface area (Å²) in [6.07, 6.45) is 2.91. The number of hydrogen-bond donors (Lipinski definition) is 0. The van der Waals surface area contributed by atoms with E-state index < -0.39 is 0 Å². The highest BCUT2D eigenvalue weighted by molar-refractivity contribution is 5.69. The van der Waals surface area contributed by atoms with Crippen molar-refractivity contribution >= 4 is 11.9 Å². The Morgan fingerprint density at radius 3 is 2.38 bits per heavy atom. The Labute approximate surface area is 78.2 Å². The maximum Gasteiger partial charge on any atom is 0.305 e. The molecule has 0 N–H and O–H groups in total. The van der Waals surface area contributed by atoms with Crippen LogP contribution in [0, 0.1) is 0 Å². The number of hydrogen-bond acceptors (Lipinski definition) is 4. The van der Waals surface area contributed by atoms with Crippen LogP contribution in [0.25, 0.3) is 0 Å². The van der Waals surface area contributed by atoms with Crippen LogP contribution < -0.4 is 0 Å². The van der Waals surface area contributed by atoms with Gasteiger partial charge in [-0.15, -0.1) is 0 Å². The van der Waals surface area contributed by atoms with E-state index in [4.69, 9.17) is 4.74 Å². The van der Waals surface area contributed by atoms with Crippen LogP contribution in [0.15, 0.2) is 0 Å². The van der Waals surface area contributed by atoms with Gasteiger partial charge in [-0.1, -0.05) is 0 Å². The zero-order valence-corrected chi connectivity index (χ0v) is 8.17. The summed E-state index contributed by atoms with van der Waals surface area (Å²) in [7, 11) is 1.38. The Balaban J connectivity index is 3.08. The first kappa shape index (κ1) is 11.9. The van der Waals surface area contributed by atoms with E-state index in [1.54, 1.807) is 0 Å². The SMILES string of the molecule is COC(=O)CCCCCOC(C)=O. The van der Waals surface area contributed by atoms with Crippen molar-refractivity contribution in [2.45, 2.75) is 32.6 Å². The minimum Gasteiger partial charge on any atom is -0.469 e. The topological polar surface area (TPSA) is 52.6 Å². The molecule has 0 atom stereocenters. The predicted molar refractivity (Wildman–Crippen MR) is 47.1 cm³/mol. The summed E-state index contributed by atoms with van der Waals surface area (Å²) in [5, 5.41) is 0. The van der Waals surface area contributed by atoms with Crippen LogP contribution >= 0.6 is 0 Å². The third-order valence-corrected chi connectivity index (χ3v) is 1.56. The van der Waals surface area contributed by atoms with E-state index in [1.165, 1.54) is 14.0 Å². The fourth-order valence-corrected chi connectivity index (χ4v) is 0.866. The van der Waals surface area contributed by atoms with E-state index in [0.717, 1.165) is 19.3 Å². The molecule has 0 saturated carbocycles. The molecule has 0 rings (SSSR count). The molecule has 0 aliphatic heterocycles. The molecule has 0 radical (unpaired) electrons. The van der Waals surface area contributed by atoms with Gasteiger partial charge in [0, 0.05) is 13.3 Å². The van der Waals surface area contributed by atoms with Crippen molar-refractivity contribution in [1.82, 2.24) is 0 Å². The maximum absolute atomic E-state index is 10.6. The third-order valence-electron chi connectivity index (χ3n) is 1.56. The predicted octanol–water partition coefficient (Wildman–Crippen LogP) is 1.28. The van der Waals surface area contributed by atoms with Crippen LogP contribution in [-0.4, -0.2) is 25.7 Å². The highest BCUT2D eigenvalue weighted by Crippen LogP contribution is 2.01. The largest absolute Gasteiger partial charge is 0.469 e. The highest BCUT2D eigenvalue weighted by Gasteiger charge is 1.99. The molecule has 0 aromatic carbocycles. The fraction of sp³-hybridized carbons (Fsp3) is 0.778. The van der Waals surface area contributed by atoms with Crippen molar-refractivity contribution in [3.63, 3.8) is 0 Å². The van der Waals surface area contributed by atoms with Crippen molar-refractivity contribution in [2.24, 2.45) is 0 Å². The summed E-state index contributed by atoms with van der Waals surface area (Å²) in [5.74, 6) is -0.444. The molecule has 0 aliphatic rings. The molecule has 0 unspecified atom stereocenters. The lowest BCUT2D eigenvalue weighted by molar-refractivity contribution is -0.142. The number of methoxy groups -OCH3 is 1. The Hall–Kier alpha value is -1.06. The lowest BCUT2D eigenvalue weighted by Gasteiger charge is -2.01. The molecule has 0 aromatic heterocycles. The lowest BCUT2D eigenvalue weighted by atomic mass is 10.2. The second-order valence-electron chi connectivity index (χ2n) is 2.73. The van der Waals surface area contributed by atoms with Gasteiger partial charge >= 0.3 is 11.9 Å². The van der Waals surface area contributed by atoms with E-state index >= 15 is 0 Å². The van der Waals surface area contributed by atoms with Crippen LogP contribution in [0.4, 0.5) is 0 Å². The van der Waals surface area contributed by atoms with Crippen molar-refractivity contribution in [2.75, 3.05) is 13.7 Å². The zero-order valence-electron chi connectivity index (χ0n) is 8.17. The van der Waals surface area contributed by atoms with E-state index in [2.05, 4.69) is 4.74 Å². The standard InChI is InChI=1S/C9H16O4/c1-8(10)13-7-5-3-4-6-9(11)12-2/h3-7H2,1-2H3. The van der Waals surface area contributed by atoms with Crippen LogP contribution in [0.2, 0.25) is 0 Å². The van der Waals surface area contributed by atoms with Crippen LogP contribution in [0.1, 0.15) is 32.6 Å². The monoisotopic (exact) mass is 188 g/mol. The number of rotatable bonds is 6. The first-order valence-electron chi connectivity index (χ1n) is 4.37. The second kappa shape index (κ2) is 7.58. The average Bonchev–Trinajstić information content (AvgIpc) is 2.10. The van der Waals surface area contributed by atoms with Gasteiger partial charge in [-0.3, -0.25) is 9.59 Å². The van der Waals surface area contributed by atoms with Crippen molar-refractivity contribution < 1.29 is 19.1 Å². The first-order valence-corrected chi connectivity index (χ1v) is 4.37. The molecule has 0 heterocycles. The summed E-state index contributed by atoms with van der Waals surface area (Å²) in [4.78, 5) is 21.0. The molecule has 0 spiro atoms. The molecule has 0 saturated heterocycles. The summed E-state index contributed by atoms with van der Waals surface area (Å²) in [6.45, 7) is 1.82. The number of ether oxygens (including phenoxy) is 2. The van der Waals surface area contributed by atoms with E-state index in [-0.39, 0.29) is 11.9 Å². The van der Waals surface area contributed by atoms with Gasteiger partial charge in [0.05, 0.1) is 13.7 Å². The molecule has 4 nitrogen and oxygen atoms in total. The van der Waals surface area contributed by atoms with Gasteiger partial charge in [0.25, 0.3) is 0 Å². The van der Waals surface area contributed by atoms with Crippen LogP contribution in [-0.2, 0) is 19.1 Å². The van der Waals surface area contributed by atoms with Gasteiger partial charge in [0.2, 0.25) is 0 Å². The molecule has 13 heavy (non-hydrogen) atoms. The molecular formula is C9H16O4. The molecule has 4 heteroatoms. The van der Waals surface area contributed by atoms with Crippen molar-refractivity contribution in [3.05, 3.63) is 0 Å². The number of carbonyl (C=O) groups excluding carboxylic acids is 2. The summed E-state index contributed by atoms with van der Waals surface area (Å²) >= 11 is 0. The molecule has 0 aromatic rings. The summed E-state index contributed by atoms with van der Waals surface area (Å²) in [6, 6.07) is 0. The molecular weight excluding hydrogens is 172 g/mol. The highest BCUT2D eigenvalue weighted by atomic mass is 16.5. The van der Waals surface area contributed by atoms with Gasteiger partial charge in [-0.2, -0.15) is 0 Å². The molecule has 0 fully saturated rings. The van der Waals surface area contributed by atoms with Crippen molar-refractivity contribution in [1.29, 1.82) is 0 Å². The van der Waals surface area contributed by atoms with Gasteiger partial charge in [0.15, 0.2) is 0 Å². The Morgan fingerprint density at radius 1 is 1.15 bits per heavy atom. The lowest BCUT2D eigenvalue weighted by Crippen LogP contribution is -2.02. The molecule has 0 aliphatic carbocycles. The van der Waals surface area contributed by atoms with Crippen molar-refractivity contribution in [3.8, 4) is 0 Å². The molecule has 0 bridgehead atoms. The second-order valence-corrected chi connectivity index (χ2v) is 2.73. The van der Waals surface area contributed by atoms with Gasteiger partial charge in [-0.05, 0) is 19.3 Å². The smallest absolute Gasteiger partial charge is 0.305 e. The quantitative estimate of drug-likeness (QED) is 0.465. The Kier molecular flexibility index (Phi) is 6.96. The van der Waals surface area contributed by atoms with Crippen LogP contribution in [0.5, 0.6) is 0 Å². The van der Waals surface area contributed by atoms with Crippen LogP contribution in [0.3, 0.4) is 0 Å². The normalized spacial score (nSPS) is 9.38. The fourth-order valence-electron chi connectivity index (χ4n) is 0.866. The summed E-state index contributed by atoms with van der Waals surface area (Å²) < 4.78 is 9.19. The molecule has 76 valence electrons. The van der Waals surface area contributed by atoms with Gasteiger partial charge < -0.3 is 9.47 Å². The van der Waals surface area contributed by atoms with Gasteiger partial charge in [-0.25, -0.2) is 0 Å². The molecule has 0 amide bonds. The van der Waals surface area contributed by atoms with E-state index in [9.17, 15) is 9.59 Å². The number of unbranched alkanes of at least 4 members (excludes halogenated alkanes) is 2. The maximum atomic E-state index is 10.6.